The van der Waals surface area contributed by atoms with Crippen LogP contribution in [0.2, 0.25) is 0 Å². The molecule has 0 radical (unpaired) electrons. The molecular formula is C11H18N5O6P. The molecule has 1 saturated heterocycles. The van der Waals surface area contributed by atoms with Gasteiger partial charge in [-0.25, -0.2) is 9.55 Å². The summed E-state index contributed by atoms with van der Waals surface area (Å²) in [4.78, 5) is 23.3. The van der Waals surface area contributed by atoms with Gasteiger partial charge in [0.25, 0.3) is 0 Å². The van der Waals surface area contributed by atoms with E-state index >= 15 is 0 Å². The number of fused-ring (bicyclic) bond motifs is 1. The zero-order valence-electron chi connectivity index (χ0n) is 12.3. The second-order valence-corrected chi connectivity index (χ2v) is 6.69. The van der Waals surface area contributed by atoms with E-state index in [1.165, 1.54) is 6.33 Å². The zero-order valence-corrected chi connectivity index (χ0v) is 13.2. The van der Waals surface area contributed by atoms with Crippen molar-refractivity contribution in [2.75, 3.05) is 25.6 Å². The van der Waals surface area contributed by atoms with Crippen LogP contribution in [0.4, 0.5) is 5.82 Å². The van der Waals surface area contributed by atoms with E-state index in [0.29, 0.717) is 18.2 Å². The Morgan fingerprint density at radius 1 is 1.61 bits per heavy atom. The maximum Gasteiger partial charge on any atom is 0.469 e. The Balaban J connectivity index is 1.73. The van der Waals surface area contributed by atoms with Crippen molar-refractivity contribution < 1.29 is 28.7 Å². The third kappa shape index (κ3) is 3.25. The number of phosphoric ester groups is 1. The third-order valence-corrected chi connectivity index (χ3v) is 4.29. The van der Waals surface area contributed by atoms with Gasteiger partial charge < -0.3 is 29.8 Å². The summed E-state index contributed by atoms with van der Waals surface area (Å²) in [6.45, 7) is 0.0301. The number of nitrogens with one attached hydrogen (secondary N) is 2. The van der Waals surface area contributed by atoms with Gasteiger partial charge in [0.05, 0.1) is 25.7 Å². The molecule has 0 unspecified atom stereocenters. The van der Waals surface area contributed by atoms with Crippen molar-refractivity contribution in [3.05, 3.63) is 12.0 Å². The van der Waals surface area contributed by atoms with Gasteiger partial charge >= 0.3 is 7.82 Å². The first-order valence-electron chi connectivity index (χ1n) is 6.90. The van der Waals surface area contributed by atoms with E-state index in [1.807, 2.05) is 0 Å². The quantitative estimate of drug-likeness (QED) is 0.444. The molecule has 3 heterocycles. The average molecular weight is 347 g/mol. The lowest BCUT2D eigenvalue weighted by atomic mass is 10.2. The van der Waals surface area contributed by atoms with Crippen LogP contribution in [0.1, 0.15) is 18.3 Å². The van der Waals surface area contributed by atoms with Crippen LogP contribution in [0.5, 0.6) is 0 Å². The van der Waals surface area contributed by atoms with Crippen LogP contribution in [0, 0.1) is 5.41 Å². The molecule has 0 saturated carbocycles. The van der Waals surface area contributed by atoms with Crippen molar-refractivity contribution in [3.8, 4) is 0 Å². The molecule has 0 amide bonds. The number of aliphatic hydroxyl groups is 1. The lowest BCUT2D eigenvalue weighted by molar-refractivity contribution is -0.0429. The number of phosphoric acid groups is 1. The molecule has 2 aliphatic rings. The monoisotopic (exact) mass is 347 g/mol. The highest BCUT2D eigenvalue weighted by Gasteiger charge is 2.38. The zero-order chi connectivity index (χ0) is 16.8. The van der Waals surface area contributed by atoms with Gasteiger partial charge in [0.1, 0.15) is 23.8 Å². The number of aromatic nitrogens is 2. The van der Waals surface area contributed by atoms with Crippen LogP contribution in [0.25, 0.3) is 0 Å². The molecule has 0 spiro atoms. The van der Waals surface area contributed by atoms with E-state index in [-0.39, 0.29) is 12.3 Å². The van der Waals surface area contributed by atoms with Gasteiger partial charge in [-0.2, -0.15) is 0 Å². The van der Waals surface area contributed by atoms with Crippen molar-refractivity contribution in [2.45, 2.75) is 24.9 Å². The maximum atomic E-state index is 10.7. The predicted octanol–water partition coefficient (Wildman–Crippen LogP) is -0.719. The van der Waals surface area contributed by atoms with Crippen molar-refractivity contribution in [1.82, 2.24) is 14.5 Å². The van der Waals surface area contributed by atoms with E-state index in [0.717, 1.165) is 0 Å². The van der Waals surface area contributed by atoms with Crippen LogP contribution in [0.15, 0.2) is 6.33 Å². The number of ether oxygens (including phenoxy) is 1. The van der Waals surface area contributed by atoms with Gasteiger partial charge in [-0.3, -0.25) is 14.5 Å². The highest BCUT2D eigenvalue weighted by molar-refractivity contribution is 7.46. The fourth-order valence-corrected chi connectivity index (χ4v) is 2.93. The normalized spacial score (nSPS) is 27.9. The Hall–Kier alpha value is -1.49. The second-order valence-electron chi connectivity index (χ2n) is 5.45. The molecule has 3 rings (SSSR count). The summed E-state index contributed by atoms with van der Waals surface area (Å²) in [5, 5.41) is 21.1. The van der Waals surface area contributed by atoms with Crippen LogP contribution in [0.3, 0.4) is 0 Å². The first-order chi connectivity index (χ1) is 10.8. The van der Waals surface area contributed by atoms with Crippen molar-refractivity contribution in [1.29, 1.82) is 5.41 Å². The molecule has 5 N–H and O–H groups in total. The third-order valence-electron chi connectivity index (χ3n) is 3.80. The number of anilines is 1. The van der Waals surface area contributed by atoms with Crippen LogP contribution in [-0.2, 0) is 13.8 Å². The molecular weight excluding hydrogens is 329 g/mol. The summed E-state index contributed by atoms with van der Waals surface area (Å²) >= 11 is 0. The van der Waals surface area contributed by atoms with Crippen LogP contribution < -0.4 is 5.32 Å². The minimum Gasteiger partial charge on any atom is -0.390 e. The highest BCUT2D eigenvalue weighted by Crippen LogP contribution is 2.39. The van der Waals surface area contributed by atoms with Crippen molar-refractivity contribution >= 4 is 19.5 Å². The Bertz CT molecular complexity index is 659. The fraction of sp³-hybridized carbons (Fsp3) is 0.636. The summed E-state index contributed by atoms with van der Waals surface area (Å²) < 4.78 is 22.4. The number of rotatable bonds is 4. The first kappa shape index (κ1) is 16.4. The lowest BCUT2D eigenvalue weighted by Crippen LogP contribution is -2.37. The van der Waals surface area contributed by atoms with E-state index in [1.54, 1.807) is 16.5 Å². The maximum absolute atomic E-state index is 10.7. The molecule has 23 heavy (non-hydrogen) atoms. The molecule has 1 fully saturated rings. The van der Waals surface area contributed by atoms with Gasteiger partial charge in [0.2, 0.25) is 0 Å². The molecule has 3 atom stereocenters. The summed E-state index contributed by atoms with van der Waals surface area (Å²) in [5.41, 5.74) is 0.478. The number of aliphatic hydroxyl groups excluding tert-OH is 1. The summed E-state index contributed by atoms with van der Waals surface area (Å²) in [6, 6.07) is 0. The number of amidine groups is 1. The highest BCUT2D eigenvalue weighted by atomic mass is 31.2. The molecule has 128 valence electrons. The van der Waals surface area contributed by atoms with Gasteiger partial charge in [-0.1, -0.05) is 0 Å². The number of hydrogen-bond donors (Lipinski definition) is 5. The number of nitrogens with zero attached hydrogens (tertiary/aromatic N) is 3. The topological polar surface area (TPSA) is 153 Å². The molecule has 1 aromatic heterocycles. The van der Waals surface area contributed by atoms with Gasteiger partial charge in [0.15, 0.2) is 5.84 Å². The summed E-state index contributed by atoms with van der Waals surface area (Å²) in [5.74, 6) is 0.888. The van der Waals surface area contributed by atoms with Crippen molar-refractivity contribution in [2.24, 2.45) is 0 Å². The van der Waals surface area contributed by atoms with E-state index in [4.69, 9.17) is 19.9 Å². The standard InChI is InChI=1S/C11H18N5O6P/c1-15-4-14-11-9(10(15)12)13-5-16(11)8-2-6(17)7(22-8)3-21-23(18,19)20/h5-8,12,14,17H,2-4H2,1H3,(H2,18,19,20)/t6-,7+,8+/m0/s1. The minimum absolute atomic E-state index is 0.225. The van der Waals surface area contributed by atoms with Crippen molar-refractivity contribution in [3.63, 3.8) is 0 Å². The van der Waals surface area contributed by atoms with E-state index in [2.05, 4.69) is 14.8 Å². The molecule has 11 nitrogen and oxygen atoms in total. The number of hydrogen-bond acceptors (Lipinski definition) is 7. The number of imidazole rings is 1. The minimum atomic E-state index is -4.61. The lowest BCUT2D eigenvalue weighted by Gasteiger charge is -2.27. The fourth-order valence-electron chi connectivity index (χ4n) is 2.59. The van der Waals surface area contributed by atoms with Gasteiger partial charge in [0, 0.05) is 13.5 Å². The SMILES string of the molecule is CN1CNc2c(ncn2[C@H]2C[C@H](O)[C@@H](COP(=O)(O)O)O2)C1=N. The molecule has 2 aliphatic heterocycles. The van der Waals surface area contributed by atoms with Crippen LogP contribution in [-0.4, -0.2) is 67.7 Å². The average Bonchev–Trinajstić information content (AvgIpc) is 3.04. The molecule has 1 aromatic rings. The second kappa shape index (κ2) is 5.86. The Labute approximate surface area is 131 Å². The smallest absolute Gasteiger partial charge is 0.390 e. The van der Waals surface area contributed by atoms with E-state index < -0.39 is 32.9 Å². The predicted molar refractivity (Wildman–Crippen MR) is 77.8 cm³/mol. The van der Waals surface area contributed by atoms with Crippen LogP contribution >= 0.6 is 7.82 Å². The molecule has 0 aliphatic carbocycles. The van der Waals surface area contributed by atoms with Gasteiger partial charge in [-0.15, -0.1) is 0 Å². The molecule has 0 aromatic carbocycles. The van der Waals surface area contributed by atoms with Gasteiger partial charge in [-0.05, 0) is 0 Å². The summed E-state index contributed by atoms with van der Waals surface area (Å²) in [7, 11) is -2.85. The molecule has 0 bridgehead atoms. The largest absolute Gasteiger partial charge is 0.469 e. The Morgan fingerprint density at radius 3 is 3.04 bits per heavy atom. The van der Waals surface area contributed by atoms with E-state index in [9.17, 15) is 9.67 Å². The molecule has 12 heteroatoms. The first-order valence-corrected chi connectivity index (χ1v) is 8.43. The Kier molecular flexibility index (Phi) is 4.17. The Morgan fingerprint density at radius 2 is 2.35 bits per heavy atom. The summed E-state index contributed by atoms with van der Waals surface area (Å²) in [6.07, 6.45) is -0.598.